The molecule has 0 radical (unpaired) electrons. The fourth-order valence-corrected chi connectivity index (χ4v) is 5.37. The Kier molecular flexibility index (Phi) is 6.41. The second-order valence-electron chi connectivity index (χ2n) is 9.30. The van der Waals surface area contributed by atoms with Gasteiger partial charge in [-0.1, -0.05) is 27.7 Å². The van der Waals surface area contributed by atoms with E-state index < -0.39 is 10.0 Å². The number of sulfonamides is 1. The van der Waals surface area contributed by atoms with Crippen molar-refractivity contribution < 1.29 is 13.2 Å². The molecule has 0 atom stereocenters. The summed E-state index contributed by atoms with van der Waals surface area (Å²) < 4.78 is 30.5. The van der Waals surface area contributed by atoms with Crippen molar-refractivity contribution >= 4 is 10.0 Å². The van der Waals surface area contributed by atoms with Gasteiger partial charge in [-0.15, -0.1) is 0 Å². The minimum atomic E-state index is -3.02. The molecule has 0 aromatic carbocycles. The second kappa shape index (κ2) is 7.63. The van der Waals surface area contributed by atoms with Crippen LogP contribution in [0, 0.1) is 22.7 Å². The van der Waals surface area contributed by atoms with Gasteiger partial charge in [0.05, 0.1) is 6.26 Å². The molecular formula is C19H37NO3S. The smallest absolute Gasteiger partial charge is 0.211 e. The highest BCUT2D eigenvalue weighted by atomic mass is 32.2. The fraction of sp³-hybridized carbons (Fsp3) is 1.00. The lowest BCUT2D eigenvalue weighted by molar-refractivity contribution is 0.0110. The van der Waals surface area contributed by atoms with Gasteiger partial charge in [-0.25, -0.2) is 12.7 Å². The minimum Gasteiger partial charge on any atom is -0.381 e. The van der Waals surface area contributed by atoms with Gasteiger partial charge in [0, 0.05) is 26.3 Å². The number of nitrogens with zero attached hydrogens (tertiary/aromatic N) is 1. The van der Waals surface area contributed by atoms with Gasteiger partial charge >= 0.3 is 0 Å². The van der Waals surface area contributed by atoms with Crippen LogP contribution < -0.4 is 0 Å². The first-order chi connectivity index (χ1) is 11.0. The summed E-state index contributed by atoms with van der Waals surface area (Å²) in [5, 5.41) is 0. The first-order valence-electron chi connectivity index (χ1n) is 9.55. The highest BCUT2D eigenvalue weighted by Gasteiger charge is 2.37. The van der Waals surface area contributed by atoms with Crippen LogP contribution in [-0.4, -0.2) is 45.3 Å². The van der Waals surface area contributed by atoms with Gasteiger partial charge in [0.15, 0.2) is 0 Å². The molecule has 2 aliphatic heterocycles. The summed E-state index contributed by atoms with van der Waals surface area (Å²) in [5.41, 5.74) is 0.653. The molecule has 0 aromatic rings. The van der Waals surface area contributed by atoms with Gasteiger partial charge in [-0.05, 0) is 61.2 Å². The van der Waals surface area contributed by atoms with E-state index in [1.165, 1.54) is 31.9 Å². The highest BCUT2D eigenvalue weighted by Crippen LogP contribution is 2.45. The van der Waals surface area contributed by atoms with Gasteiger partial charge in [-0.2, -0.15) is 0 Å². The molecule has 0 aliphatic carbocycles. The lowest BCUT2D eigenvalue weighted by Crippen LogP contribution is -2.42. The zero-order chi connectivity index (χ0) is 18.0. The normalized spacial score (nSPS) is 23.5. The van der Waals surface area contributed by atoms with Crippen molar-refractivity contribution in [1.29, 1.82) is 0 Å². The van der Waals surface area contributed by atoms with E-state index in [0.717, 1.165) is 32.0 Å². The van der Waals surface area contributed by atoms with E-state index in [9.17, 15) is 8.42 Å². The van der Waals surface area contributed by atoms with E-state index in [0.29, 0.717) is 24.4 Å². The van der Waals surface area contributed by atoms with Crippen molar-refractivity contribution in [3.63, 3.8) is 0 Å². The molecule has 2 saturated heterocycles. The number of rotatable bonds is 6. The van der Waals surface area contributed by atoms with Crippen molar-refractivity contribution in [2.45, 2.75) is 66.2 Å². The highest BCUT2D eigenvalue weighted by molar-refractivity contribution is 7.88. The number of hydrogen-bond acceptors (Lipinski definition) is 3. The predicted octanol–water partition coefficient (Wildman–Crippen LogP) is 3.92. The average Bonchev–Trinajstić information content (AvgIpc) is 2.53. The summed E-state index contributed by atoms with van der Waals surface area (Å²) in [6.45, 7) is 12.8. The summed E-state index contributed by atoms with van der Waals surface area (Å²) in [6.07, 6.45) is 8.18. The molecule has 24 heavy (non-hydrogen) atoms. The van der Waals surface area contributed by atoms with Crippen molar-refractivity contribution in [2.24, 2.45) is 22.7 Å². The Morgan fingerprint density at radius 2 is 1.29 bits per heavy atom. The quantitative estimate of drug-likeness (QED) is 0.722. The number of ether oxygens (including phenoxy) is 1. The van der Waals surface area contributed by atoms with Crippen LogP contribution in [0.25, 0.3) is 0 Å². The molecular weight excluding hydrogens is 322 g/mol. The van der Waals surface area contributed by atoms with Crippen LogP contribution in [-0.2, 0) is 14.8 Å². The lowest BCUT2D eigenvalue weighted by Gasteiger charge is -2.43. The molecule has 2 fully saturated rings. The summed E-state index contributed by atoms with van der Waals surface area (Å²) in [6, 6.07) is 0. The van der Waals surface area contributed by atoms with Gasteiger partial charge < -0.3 is 4.74 Å². The van der Waals surface area contributed by atoms with Gasteiger partial charge in [0.2, 0.25) is 10.0 Å². The molecule has 0 bridgehead atoms. The molecule has 0 aromatic heterocycles. The van der Waals surface area contributed by atoms with Crippen LogP contribution >= 0.6 is 0 Å². The van der Waals surface area contributed by atoms with Crippen molar-refractivity contribution in [3.05, 3.63) is 0 Å². The first kappa shape index (κ1) is 20.2. The molecule has 2 rings (SSSR count). The SMILES string of the molecule is CC(C)(CCC(C)(C)C1CCN(S(C)(=O)=O)CC1)C1CCOCC1. The standard InChI is InChI=1S/C19H37NO3S/c1-18(2,16-6-12-20(13-7-16)24(5,21)22)10-11-19(3,4)17-8-14-23-15-9-17/h16-17H,6-15H2,1-5H3. The summed E-state index contributed by atoms with van der Waals surface area (Å²) >= 11 is 0. The molecule has 0 amide bonds. The molecule has 2 aliphatic rings. The molecule has 0 unspecified atom stereocenters. The number of hydrogen-bond donors (Lipinski definition) is 0. The predicted molar refractivity (Wildman–Crippen MR) is 99.5 cm³/mol. The maximum Gasteiger partial charge on any atom is 0.211 e. The van der Waals surface area contributed by atoms with Crippen LogP contribution in [0.2, 0.25) is 0 Å². The third kappa shape index (κ3) is 5.18. The van der Waals surface area contributed by atoms with Crippen LogP contribution in [0.1, 0.15) is 66.2 Å². The van der Waals surface area contributed by atoms with Crippen LogP contribution in [0.4, 0.5) is 0 Å². The Morgan fingerprint density at radius 1 is 0.875 bits per heavy atom. The third-order valence-corrected chi connectivity index (χ3v) is 8.07. The second-order valence-corrected chi connectivity index (χ2v) is 11.3. The van der Waals surface area contributed by atoms with E-state index in [2.05, 4.69) is 27.7 Å². The fourth-order valence-electron chi connectivity index (χ4n) is 4.50. The van der Waals surface area contributed by atoms with E-state index in [-0.39, 0.29) is 5.41 Å². The van der Waals surface area contributed by atoms with E-state index in [4.69, 9.17) is 4.74 Å². The van der Waals surface area contributed by atoms with Crippen LogP contribution in [0.3, 0.4) is 0 Å². The van der Waals surface area contributed by atoms with Gasteiger partial charge in [0.25, 0.3) is 0 Å². The van der Waals surface area contributed by atoms with Crippen molar-refractivity contribution in [1.82, 2.24) is 4.31 Å². The van der Waals surface area contributed by atoms with E-state index in [1.54, 1.807) is 4.31 Å². The van der Waals surface area contributed by atoms with Gasteiger partial charge in [-0.3, -0.25) is 0 Å². The molecule has 0 N–H and O–H groups in total. The maximum absolute atomic E-state index is 11.7. The zero-order valence-electron chi connectivity index (χ0n) is 16.3. The molecule has 2 heterocycles. The molecule has 5 heteroatoms. The average molecular weight is 360 g/mol. The minimum absolute atomic E-state index is 0.284. The van der Waals surface area contributed by atoms with E-state index >= 15 is 0 Å². The number of piperidine rings is 1. The van der Waals surface area contributed by atoms with Gasteiger partial charge in [0.1, 0.15) is 0 Å². The van der Waals surface area contributed by atoms with E-state index in [1.807, 2.05) is 0 Å². The molecule has 4 nitrogen and oxygen atoms in total. The summed E-state index contributed by atoms with van der Waals surface area (Å²) in [7, 11) is -3.02. The molecule has 142 valence electrons. The Labute approximate surface area is 149 Å². The topological polar surface area (TPSA) is 46.6 Å². The maximum atomic E-state index is 11.7. The zero-order valence-corrected chi connectivity index (χ0v) is 17.1. The monoisotopic (exact) mass is 359 g/mol. The van der Waals surface area contributed by atoms with Crippen LogP contribution in [0.15, 0.2) is 0 Å². The van der Waals surface area contributed by atoms with Crippen LogP contribution in [0.5, 0.6) is 0 Å². The Balaban J connectivity index is 1.87. The summed E-state index contributed by atoms with van der Waals surface area (Å²) in [5.74, 6) is 1.40. The lowest BCUT2D eigenvalue weighted by atomic mass is 9.65. The largest absolute Gasteiger partial charge is 0.381 e. The molecule has 0 saturated carbocycles. The Bertz CT molecular complexity index is 499. The van der Waals surface area contributed by atoms with Crippen molar-refractivity contribution in [3.8, 4) is 0 Å². The molecule has 0 spiro atoms. The Morgan fingerprint density at radius 3 is 1.71 bits per heavy atom. The van der Waals surface area contributed by atoms with Crippen molar-refractivity contribution in [2.75, 3.05) is 32.6 Å². The third-order valence-electron chi connectivity index (χ3n) is 6.77. The summed E-state index contributed by atoms with van der Waals surface area (Å²) in [4.78, 5) is 0. The Hall–Kier alpha value is -0.130. The first-order valence-corrected chi connectivity index (χ1v) is 11.4.